The van der Waals surface area contributed by atoms with Crippen LogP contribution in [0.5, 0.6) is 0 Å². The lowest BCUT2D eigenvalue weighted by atomic mass is 10.2. The number of hydrogen-bond donors (Lipinski definition) is 2. The van der Waals surface area contributed by atoms with Crippen molar-refractivity contribution in [2.45, 2.75) is 17.8 Å². The first-order chi connectivity index (χ1) is 17.1. The number of benzene rings is 2. The lowest BCUT2D eigenvalue weighted by Crippen LogP contribution is -2.07. The molecule has 0 bridgehead atoms. The van der Waals surface area contributed by atoms with Crippen molar-refractivity contribution in [2.75, 3.05) is 11.1 Å². The smallest absolute Gasteiger partial charge is 0.232 e. The topological polar surface area (TPSA) is 120 Å². The van der Waals surface area contributed by atoms with E-state index in [0.717, 1.165) is 16.8 Å². The van der Waals surface area contributed by atoms with Crippen LogP contribution in [0.4, 0.5) is 22.0 Å². The molecule has 0 aliphatic rings. The van der Waals surface area contributed by atoms with Crippen molar-refractivity contribution in [3.05, 3.63) is 90.3 Å². The Hall–Kier alpha value is -4.38. The standard InChI is InChI=1S/C24H20FN9S/c1-15-5-2-3-7-19(15)34-21(16-6-4-12-27-13-16)32-33-24(34)35-14-20-29-22(26)31-23(30-20)28-18-10-8-17(25)9-11-18/h2-13H,14H2,1H3,(H3,26,28,29,30,31). The molecule has 0 amide bonds. The molecule has 0 atom stereocenters. The van der Waals surface area contributed by atoms with Gasteiger partial charge in [-0.05, 0) is 55.0 Å². The number of nitrogen functional groups attached to an aromatic ring is 1. The van der Waals surface area contributed by atoms with E-state index in [-0.39, 0.29) is 17.7 Å². The van der Waals surface area contributed by atoms with Crippen LogP contribution in [0.3, 0.4) is 0 Å². The van der Waals surface area contributed by atoms with Crippen molar-refractivity contribution in [3.63, 3.8) is 0 Å². The molecule has 11 heteroatoms. The van der Waals surface area contributed by atoms with Crippen molar-refractivity contribution >= 4 is 29.3 Å². The Bertz CT molecular complexity index is 1460. The summed E-state index contributed by atoms with van der Waals surface area (Å²) >= 11 is 1.43. The van der Waals surface area contributed by atoms with Crippen LogP contribution in [0.25, 0.3) is 17.1 Å². The molecule has 0 saturated carbocycles. The summed E-state index contributed by atoms with van der Waals surface area (Å²) in [5.41, 5.74) is 9.45. The molecule has 3 heterocycles. The third-order valence-electron chi connectivity index (χ3n) is 5.04. The minimum Gasteiger partial charge on any atom is -0.368 e. The van der Waals surface area contributed by atoms with Crippen LogP contribution in [0.2, 0.25) is 0 Å². The first-order valence-electron chi connectivity index (χ1n) is 10.6. The fourth-order valence-electron chi connectivity index (χ4n) is 3.43. The quantitative estimate of drug-likeness (QED) is 0.319. The number of halogens is 1. The Morgan fingerprint density at radius 1 is 0.971 bits per heavy atom. The predicted octanol–water partition coefficient (Wildman–Crippen LogP) is 4.58. The van der Waals surface area contributed by atoms with Crippen LogP contribution in [0.15, 0.2) is 78.2 Å². The fourth-order valence-corrected chi connectivity index (χ4v) is 4.23. The number of hydrogen-bond acceptors (Lipinski definition) is 9. The zero-order chi connectivity index (χ0) is 24.2. The number of pyridine rings is 1. The average Bonchev–Trinajstić information content (AvgIpc) is 3.28. The number of nitrogens with one attached hydrogen (secondary N) is 1. The van der Waals surface area contributed by atoms with Crippen LogP contribution >= 0.6 is 11.8 Å². The molecule has 0 spiro atoms. The van der Waals surface area contributed by atoms with Crippen molar-refractivity contribution in [3.8, 4) is 17.1 Å². The van der Waals surface area contributed by atoms with Crippen molar-refractivity contribution in [1.29, 1.82) is 0 Å². The summed E-state index contributed by atoms with van der Waals surface area (Å²) in [4.78, 5) is 17.1. The molecular formula is C24H20FN9S. The highest BCUT2D eigenvalue weighted by Crippen LogP contribution is 2.30. The number of nitrogens with zero attached hydrogens (tertiary/aromatic N) is 7. The number of aromatic nitrogens is 7. The Kier molecular flexibility index (Phi) is 6.31. The number of para-hydroxylation sites is 1. The summed E-state index contributed by atoms with van der Waals surface area (Å²) < 4.78 is 15.2. The summed E-state index contributed by atoms with van der Waals surface area (Å²) in [6, 6.07) is 17.7. The van der Waals surface area contributed by atoms with Gasteiger partial charge in [-0.25, -0.2) is 4.39 Å². The van der Waals surface area contributed by atoms with Gasteiger partial charge in [-0.1, -0.05) is 30.0 Å². The van der Waals surface area contributed by atoms with E-state index in [9.17, 15) is 4.39 Å². The Morgan fingerprint density at radius 2 is 1.80 bits per heavy atom. The van der Waals surface area contributed by atoms with Gasteiger partial charge in [0.2, 0.25) is 11.9 Å². The van der Waals surface area contributed by atoms with Gasteiger partial charge >= 0.3 is 0 Å². The lowest BCUT2D eigenvalue weighted by Gasteiger charge is -2.12. The van der Waals surface area contributed by atoms with Gasteiger partial charge in [-0.15, -0.1) is 10.2 Å². The summed E-state index contributed by atoms with van der Waals surface area (Å²) in [5, 5.41) is 12.6. The van der Waals surface area contributed by atoms with Gasteiger partial charge in [0.25, 0.3) is 0 Å². The number of rotatable bonds is 7. The highest BCUT2D eigenvalue weighted by molar-refractivity contribution is 7.98. The third kappa shape index (κ3) is 5.09. The molecule has 0 unspecified atom stereocenters. The van der Waals surface area contributed by atoms with E-state index < -0.39 is 0 Å². The molecule has 0 aliphatic carbocycles. The number of anilines is 3. The van der Waals surface area contributed by atoms with Crippen LogP contribution in [0, 0.1) is 12.7 Å². The van der Waals surface area contributed by atoms with E-state index in [4.69, 9.17) is 5.73 Å². The van der Waals surface area contributed by atoms with Crippen molar-refractivity contribution < 1.29 is 4.39 Å². The molecule has 9 nitrogen and oxygen atoms in total. The van der Waals surface area contributed by atoms with Gasteiger partial charge in [0.1, 0.15) is 11.6 Å². The zero-order valence-electron chi connectivity index (χ0n) is 18.6. The van der Waals surface area contributed by atoms with E-state index in [1.165, 1.54) is 23.9 Å². The molecule has 0 fully saturated rings. The van der Waals surface area contributed by atoms with E-state index >= 15 is 0 Å². The molecule has 0 aliphatic heterocycles. The molecule has 5 rings (SSSR count). The molecular weight excluding hydrogens is 465 g/mol. The monoisotopic (exact) mass is 485 g/mol. The molecule has 0 radical (unpaired) electrons. The SMILES string of the molecule is Cc1ccccc1-n1c(SCc2nc(N)nc(Nc3ccc(F)cc3)n2)nnc1-c1cccnc1. The molecule has 174 valence electrons. The summed E-state index contributed by atoms with van der Waals surface area (Å²) in [6.45, 7) is 2.04. The molecule has 3 N–H and O–H groups in total. The van der Waals surface area contributed by atoms with E-state index in [2.05, 4.69) is 35.5 Å². The van der Waals surface area contributed by atoms with Gasteiger partial charge in [0.15, 0.2) is 11.0 Å². The predicted molar refractivity (Wildman–Crippen MR) is 133 cm³/mol. The molecule has 2 aromatic carbocycles. The van der Waals surface area contributed by atoms with Crippen molar-refractivity contribution in [1.82, 2.24) is 34.7 Å². The molecule has 5 aromatic rings. The highest BCUT2D eigenvalue weighted by Gasteiger charge is 2.18. The van der Waals surface area contributed by atoms with Gasteiger partial charge < -0.3 is 11.1 Å². The summed E-state index contributed by atoms with van der Waals surface area (Å²) in [7, 11) is 0. The first kappa shape index (κ1) is 22.4. The maximum atomic E-state index is 13.2. The van der Waals surface area contributed by atoms with E-state index in [1.54, 1.807) is 24.5 Å². The lowest BCUT2D eigenvalue weighted by molar-refractivity contribution is 0.628. The Labute approximate surface area is 204 Å². The Morgan fingerprint density at radius 3 is 2.57 bits per heavy atom. The van der Waals surface area contributed by atoms with Gasteiger partial charge in [-0.3, -0.25) is 9.55 Å². The number of thioether (sulfide) groups is 1. The van der Waals surface area contributed by atoms with Gasteiger partial charge in [-0.2, -0.15) is 15.0 Å². The average molecular weight is 486 g/mol. The van der Waals surface area contributed by atoms with Gasteiger partial charge in [0.05, 0.1) is 11.4 Å². The number of nitrogens with two attached hydrogens (primary N) is 1. The summed E-state index contributed by atoms with van der Waals surface area (Å²) in [5.74, 6) is 1.55. The van der Waals surface area contributed by atoms with Crippen LogP contribution in [-0.2, 0) is 5.75 Å². The summed E-state index contributed by atoms with van der Waals surface area (Å²) in [6.07, 6.45) is 3.48. The fraction of sp³-hybridized carbons (Fsp3) is 0.0833. The second-order valence-electron chi connectivity index (χ2n) is 7.52. The normalized spacial score (nSPS) is 10.9. The minimum atomic E-state index is -0.328. The van der Waals surface area contributed by atoms with Crippen LogP contribution < -0.4 is 11.1 Å². The molecule has 35 heavy (non-hydrogen) atoms. The minimum absolute atomic E-state index is 0.0802. The second-order valence-corrected chi connectivity index (χ2v) is 8.47. The van der Waals surface area contributed by atoms with E-state index in [0.29, 0.717) is 28.2 Å². The largest absolute Gasteiger partial charge is 0.368 e. The van der Waals surface area contributed by atoms with Crippen LogP contribution in [0.1, 0.15) is 11.4 Å². The van der Waals surface area contributed by atoms with Crippen molar-refractivity contribution in [2.24, 2.45) is 0 Å². The number of aryl methyl sites for hydroxylation is 1. The third-order valence-corrected chi connectivity index (χ3v) is 5.96. The zero-order valence-corrected chi connectivity index (χ0v) is 19.4. The van der Waals surface area contributed by atoms with Crippen LogP contribution in [-0.4, -0.2) is 34.7 Å². The maximum absolute atomic E-state index is 13.2. The highest BCUT2D eigenvalue weighted by atomic mass is 32.2. The second kappa shape index (κ2) is 9.85. The van der Waals surface area contributed by atoms with Gasteiger partial charge in [0, 0.05) is 23.6 Å². The molecule has 3 aromatic heterocycles. The Balaban J connectivity index is 1.44. The van der Waals surface area contributed by atoms with E-state index in [1.807, 2.05) is 47.9 Å². The molecule has 0 saturated heterocycles. The first-order valence-corrected chi connectivity index (χ1v) is 11.6. The maximum Gasteiger partial charge on any atom is 0.232 e.